The summed E-state index contributed by atoms with van der Waals surface area (Å²) in [5.41, 5.74) is 0.633. The number of hydrogen-bond acceptors (Lipinski definition) is 4. The highest BCUT2D eigenvalue weighted by molar-refractivity contribution is 7.15. The van der Waals surface area contributed by atoms with E-state index in [0.717, 1.165) is 5.01 Å². The van der Waals surface area contributed by atoms with E-state index < -0.39 is 0 Å². The normalized spacial score (nSPS) is 23.9. The lowest BCUT2D eigenvalue weighted by atomic mass is 10.1. The molecule has 1 amide bonds. The Bertz CT molecular complexity index is 698. The van der Waals surface area contributed by atoms with Gasteiger partial charge >= 0.3 is 0 Å². The van der Waals surface area contributed by atoms with Crippen LogP contribution in [0, 0.1) is 11.7 Å². The number of carbonyl (C=O) groups excluding carboxylic acids is 1. The Hall–Kier alpha value is -1.82. The van der Waals surface area contributed by atoms with Gasteiger partial charge in [-0.2, -0.15) is 0 Å². The van der Waals surface area contributed by atoms with Crippen LogP contribution in [0.2, 0.25) is 0 Å². The molecule has 2 fully saturated rings. The van der Waals surface area contributed by atoms with Crippen molar-refractivity contribution < 1.29 is 9.18 Å². The SMILES string of the molecule is O=C(Nc1nnc(C2CC2)s1)C1CC1c1ccccc1F. The number of rotatable bonds is 4. The van der Waals surface area contributed by atoms with E-state index >= 15 is 0 Å². The number of carbonyl (C=O) groups is 1. The number of benzene rings is 1. The molecule has 2 aliphatic rings. The Morgan fingerprint density at radius 2 is 2.10 bits per heavy atom. The number of hydrogen-bond donors (Lipinski definition) is 1. The van der Waals surface area contributed by atoms with Crippen molar-refractivity contribution in [1.29, 1.82) is 0 Å². The van der Waals surface area contributed by atoms with Gasteiger partial charge in [-0.05, 0) is 36.8 Å². The lowest BCUT2D eigenvalue weighted by molar-refractivity contribution is -0.117. The van der Waals surface area contributed by atoms with Gasteiger partial charge in [-0.3, -0.25) is 4.79 Å². The van der Waals surface area contributed by atoms with Gasteiger partial charge in [0, 0.05) is 11.8 Å². The van der Waals surface area contributed by atoms with Crippen LogP contribution in [0.1, 0.15) is 41.7 Å². The molecule has 2 aliphatic carbocycles. The Morgan fingerprint density at radius 3 is 2.86 bits per heavy atom. The van der Waals surface area contributed by atoms with Crippen molar-refractivity contribution in [2.75, 3.05) is 5.32 Å². The van der Waals surface area contributed by atoms with Crippen LogP contribution < -0.4 is 5.32 Å². The smallest absolute Gasteiger partial charge is 0.229 e. The fourth-order valence-electron chi connectivity index (χ4n) is 2.58. The Kier molecular flexibility index (Phi) is 2.99. The first kappa shape index (κ1) is 12.9. The van der Waals surface area contributed by atoms with Gasteiger partial charge in [0.25, 0.3) is 0 Å². The maximum atomic E-state index is 13.7. The fourth-order valence-corrected chi connectivity index (χ4v) is 3.50. The van der Waals surface area contributed by atoms with Crippen molar-refractivity contribution in [2.24, 2.45) is 5.92 Å². The topological polar surface area (TPSA) is 54.9 Å². The van der Waals surface area contributed by atoms with Crippen molar-refractivity contribution in [3.8, 4) is 0 Å². The van der Waals surface area contributed by atoms with Crippen LogP contribution in [0.25, 0.3) is 0 Å². The molecule has 0 aliphatic heterocycles. The van der Waals surface area contributed by atoms with E-state index in [4.69, 9.17) is 0 Å². The molecule has 108 valence electrons. The molecule has 2 aromatic rings. The van der Waals surface area contributed by atoms with Crippen LogP contribution in [0.4, 0.5) is 9.52 Å². The monoisotopic (exact) mass is 303 g/mol. The first-order valence-electron chi connectivity index (χ1n) is 7.11. The first-order valence-corrected chi connectivity index (χ1v) is 7.92. The zero-order valence-corrected chi connectivity index (χ0v) is 12.1. The second-order valence-corrected chi connectivity index (χ2v) is 6.69. The largest absolute Gasteiger partial charge is 0.300 e. The van der Waals surface area contributed by atoms with Crippen molar-refractivity contribution in [3.63, 3.8) is 0 Å². The third kappa shape index (κ3) is 2.55. The van der Waals surface area contributed by atoms with Crippen molar-refractivity contribution >= 4 is 22.4 Å². The van der Waals surface area contributed by atoms with E-state index in [-0.39, 0.29) is 23.6 Å². The third-order valence-electron chi connectivity index (χ3n) is 4.03. The van der Waals surface area contributed by atoms with E-state index in [1.54, 1.807) is 18.2 Å². The number of halogens is 1. The van der Waals surface area contributed by atoms with E-state index in [9.17, 15) is 9.18 Å². The summed E-state index contributed by atoms with van der Waals surface area (Å²) in [6.07, 6.45) is 3.03. The molecule has 1 heterocycles. The highest BCUT2D eigenvalue weighted by Crippen LogP contribution is 2.49. The third-order valence-corrected chi connectivity index (χ3v) is 5.03. The molecular formula is C15H14FN3OS. The van der Waals surface area contributed by atoms with E-state index in [1.165, 1.54) is 30.2 Å². The summed E-state index contributed by atoms with van der Waals surface area (Å²) in [4.78, 5) is 12.2. The lowest BCUT2D eigenvalue weighted by Gasteiger charge is -2.02. The molecule has 1 aromatic carbocycles. The summed E-state index contributed by atoms with van der Waals surface area (Å²) in [5, 5.41) is 12.5. The van der Waals surface area contributed by atoms with Gasteiger partial charge in [-0.15, -0.1) is 10.2 Å². The standard InChI is InChI=1S/C15H14FN3OS/c16-12-4-2-1-3-9(12)10-7-11(10)13(20)17-15-19-18-14(21-15)8-5-6-8/h1-4,8,10-11H,5-7H2,(H,17,19,20). The Morgan fingerprint density at radius 1 is 1.29 bits per heavy atom. The van der Waals surface area contributed by atoms with Crippen LogP contribution in [0.15, 0.2) is 24.3 Å². The minimum Gasteiger partial charge on any atom is -0.300 e. The molecule has 4 nitrogen and oxygen atoms in total. The Balaban J connectivity index is 1.41. The van der Waals surface area contributed by atoms with E-state index in [0.29, 0.717) is 23.0 Å². The van der Waals surface area contributed by atoms with Gasteiger partial charge in [-0.1, -0.05) is 29.5 Å². The van der Waals surface area contributed by atoms with Crippen LogP contribution in [-0.4, -0.2) is 16.1 Å². The molecule has 1 N–H and O–H groups in total. The highest BCUT2D eigenvalue weighted by atomic mass is 32.1. The number of aromatic nitrogens is 2. The number of nitrogens with one attached hydrogen (secondary N) is 1. The molecule has 2 saturated carbocycles. The van der Waals surface area contributed by atoms with Crippen molar-refractivity contribution in [1.82, 2.24) is 10.2 Å². The predicted molar refractivity (Wildman–Crippen MR) is 77.8 cm³/mol. The summed E-state index contributed by atoms with van der Waals surface area (Å²) in [7, 11) is 0. The zero-order chi connectivity index (χ0) is 14.4. The van der Waals surface area contributed by atoms with Gasteiger partial charge in [-0.25, -0.2) is 4.39 Å². The average molecular weight is 303 g/mol. The van der Waals surface area contributed by atoms with Crippen LogP contribution in [0.3, 0.4) is 0 Å². The quantitative estimate of drug-likeness (QED) is 0.943. The number of nitrogens with zero attached hydrogens (tertiary/aromatic N) is 2. The van der Waals surface area contributed by atoms with Crippen molar-refractivity contribution in [3.05, 3.63) is 40.7 Å². The number of anilines is 1. The predicted octanol–water partition coefficient (Wildman–Crippen LogP) is 3.30. The fraction of sp³-hybridized carbons (Fsp3) is 0.400. The molecule has 2 unspecified atom stereocenters. The number of amides is 1. The molecular weight excluding hydrogens is 289 g/mol. The minimum absolute atomic E-state index is 0.0120. The molecule has 6 heteroatoms. The first-order chi connectivity index (χ1) is 10.2. The molecule has 2 atom stereocenters. The summed E-state index contributed by atoms with van der Waals surface area (Å²) >= 11 is 1.45. The lowest BCUT2D eigenvalue weighted by Crippen LogP contribution is -2.14. The molecule has 0 saturated heterocycles. The molecule has 0 spiro atoms. The molecule has 0 bridgehead atoms. The van der Waals surface area contributed by atoms with Gasteiger partial charge in [0.05, 0.1) is 0 Å². The van der Waals surface area contributed by atoms with Crippen LogP contribution >= 0.6 is 11.3 Å². The molecule has 21 heavy (non-hydrogen) atoms. The molecule has 4 rings (SSSR count). The summed E-state index contributed by atoms with van der Waals surface area (Å²) in [6, 6.07) is 6.66. The highest BCUT2D eigenvalue weighted by Gasteiger charge is 2.45. The molecule has 1 aromatic heterocycles. The van der Waals surface area contributed by atoms with Crippen LogP contribution in [0.5, 0.6) is 0 Å². The van der Waals surface area contributed by atoms with Crippen molar-refractivity contribution in [2.45, 2.75) is 31.1 Å². The van der Waals surface area contributed by atoms with Crippen LogP contribution in [-0.2, 0) is 4.79 Å². The Labute approximate surface area is 125 Å². The van der Waals surface area contributed by atoms with Gasteiger partial charge < -0.3 is 5.32 Å². The summed E-state index contributed by atoms with van der Waals surface area (Å²) in [5.74, 6) is 0.0592. The average Bonchev–Trinajstić information content (AvgIpc) is 3.39. The second-order valence-electron chi connectivity index (χ2n) is 5.68. The maximum absolute atomic E-state index is 13.7. The zero-order valence-electron chi connectivity index (χ0n) is 11.3. The molecule has 0 radical (unpaired) electrons. The summed E-state index contributed by atoms with van der Waals surface area (Å²) in [6.45, 7) is 0. The van der Waals surface area contributed by atoms with Gasteiger partial charge in [0.15, 0.2) is 0 Å². The van der Waals surface area contributed by atoms with Gasteiger partial charge in [0.1, 0.15) is 10.8 Å². The van der Waals surface area contributed by atoms with Gasteiger partial charge in [0.2, 0.25) is 11.0 Å². The minimum atomic E-state index is -0.232. The van der Waals surface area contributed by atoms with E-state index in [1.807, 2.05) is 0 Å². The van der Waals surface area contributed by atoms with E-state index in [2.05, 4.69) is 15.5 Å². The second kappa shape index (κ2) is 4.87. The summed E-state index contributed by atoms with van der Waals surface area (Å²) < 4.78 is 13.7. The maximum Gasteiger partial charge on any atom is 0.229 e.